The van der Waals surface area contributed by atoms with Gasteiger partial charge in [0.15, 0.2) is 0 Å². The normalized spacial score (nSPS) is 11.7. The Morgan fingerprint density at radius 1 is 1.05 bits per heavy atom. The maximum absolute atomic E-state index is 12.1. The van der Waals surface area contributed by atoms with E-state index in [2.05, 4.69) is 5.32 Å². The van der Waals surface area contributed by atoms with Crippen molar-refractivity contribution in [2.45, 2.75) is 18.9 Å². The lowest BCUT2D eigenvalue weighted by atomic mass is 10.0. The largest absolute Gasteiger partial charge is 0.481 e. The Hall–Kier alpha value is -2.33. The van der Waals surface area contributed by atoms with Gasteiger partial charge in [-0.25, -0.2) is 0 Å². The van der Waals surface area contributed by atoms with E-state index in [1.165, 1.54) is 0 Å². The Morgan fingerprint density at radius 3 is 2.27 bits per heavy atom. The van der Waals surface area contributed by atoms with Gasteiger partial charge in [0.1, 0.15) is 0 Å². The van der Waals surface area contributed by atoms with Gasteiger partial charge in [0, 0.05) is 5.02 Å². The summed E-state index contributed by atoms with van der Waals surface area (Å²) in [6, 6.07) is 15.5. The van der Waals surface area contributed by atoms with Gasteiger partial charge < -0.3 is 10.4 Å². The molecule has 114 valence electrons. The zero-order valence-electron chi connectivity index (χ0n) is 11.8. The van der Waals surface area contributed by atoms with Gasteiger partial charge in [-0.05, 0) is 23.3 Å². The molecule has 0 radical (unpaired) electrons. The van der Waals surface area contributed by atoms with E-state index in [-0.39, 0.29) is 18.7 Å². The van der Waals surface area contributed by atoms with Crippen molar-refractivity contribution in [1.29, 1.82) is 0 Å². The number of carbonyl (C=O) groups excluding carboxylic acids is 1. The topological polar surface area (TPSA) is 66.4 Å². The van der Waals surface area contributed by atoms with Crippen LogP contribution in [0.25, 0.3) is 0 Å². The third-order valence-corrected chi connectivity index (χ3v) is 3.45. The molecule has 0 bridgehead atoms. The molecule has 22 heavy (non-hydrogen) atoms. The van der Waals surface area contributed by atoms with Crippen molar-refractivity contribution in [1.82, 2.24) is 5.32 Å². The van der Waals surface area contributed by atoms with Gasteiger partial charge in [-0.2, -0.15) is 0 Å². The maximum atomic E-state index is 12.1. The fourth-order valence-electron chi connectivity index (χ4n) is 2.15. The fourth-order valence-corrected chi connectivity index (χ4v) is 2.27. The number of hydrogen-bond donors (Lipinski definition) is 2. The summed E-state index contributed by atoms with van der Waals surface area (Å²) in [6.07, 6.45) is 0.0344. The van der Waals surface area contributed by atoms with Gasteiger partial charge in [0.25, 0.3) is 0 Å². The Balaban J connectivity index is 2.07. The minimum Gasteiger partial charge on any atom is -0.481 e. The Labute approximate surface area is 133 Å². The quantitative estimate of drug-likeness (QED) is 0.859. The average molecular weight is 318 g/mol. The van der Waals surface area contributed by atoms with Crippen molar-refractivity contribution >= 4 is 23.5 Å². The first-order valence-electron chi connectivity index (χ1n) is 6.85. The second kappa shape index (κ2) is 7.61. The van der Waals surface area contributed by atoms with E-state index in [0.717, 1.165) is 5.56 Å². The standard InChI is InChI=1S/C17H16ClNO3/c18-14-8-6-13(7-9-14)15(11-17(21)22)19-16(20)10-12-4-2-1-3-5-12/h1-9,15H,10-11H2,(H,19,20)(H,21,22). The number of carbonyl (C=O) groups is 2. The number of benzene rings is 2. The van der Waals surface area contributed by atoms with Crippen LogP contribution in [0, 0.1) is 0 Å². The van der Waals surface area contributed by atoms with Gasteiger partial charge in [0.05, 0.1) is 18.9 Å². The van der Waals surface area contributed by atoms with Crippen LogP contribution in [-0.4, -0.2) is 17.0 Å². The highest BCUT2D eigenvalue weighted by molar-refractivity contribution is 6.30. The van der Waals surface area contributed by atoms with E-state index in [9.17, 15) is 9.59 Å². The summed E-state index contributed by atoms with van der Waals surface area (Å²) in [5.41, 5.74) is 1.60. The first kappa shape index (κ1) is 16.0. The summed E-state index contributed by atoms with van der Waals surface area (Å²) in [5, 5.41) is 12.4. The van der Waals surface area contributed by atoms with Crippen LogP contribution >= 0.6 is 11.6 Å². The van der Waals surface area contributed by atoms with E-state index < -0.39 is 12.0 Å². The minimum absolute atomic E-state index is 0.178. The van der Waals surface area contributed by atoms with Gasteiger partial charge in [0.2, 0.25) is 5.91 Å². The number of hydrogen-bond acceptors (Lipinski definition) is 2. The van der Waals surface area contributed by atoms with Crippen molar-refractivity contribution < 1.29 is 14.7 Å². The second-order valence-electron chi connectivity index (χ2n) is 4.93. The number of amides is 1. The van der Waals surface area contributed by atoms with Crippen LogP contribution in [0.4, 0.5) is 0 Å². The van der Waals surface area contributed by atoms with Crippen molar-refractivity contribution in [3.05, 3.63) is 70.7 Å². The molecule has 0 aromatic heterocycles. The van der Waals surface area contributed by atoms with Gasteiger partial charge >= 0.3 is 5.97 Å². The highest BCUT2D eigenvalue weighted by atomic mass is 35.5. The Kier molecular flexibility index (Phi) is 5.55. The molecule has 0 saturated carbocycles. The molecule has 0 aliphatic heterocycles. The van der Waals surface area contributed by atoms with E-state index in [1.807, 2.05) is 30.3 Å². The number of nitrogens with one attached hydrogen (secondary N) is 1. The molecule has 0 aliphatic rings. The first-order chi connectivity index (χ1) is 10.5. The van der Waals surface area contributed by atoms with Crippen LogP contribution in [0.2, 0.25) is 5.02 Å². The molecule has 2 N–H and O–H groups in total. The van der Waals surface area contributed by atoms with E-state index in [1.54, 1.807) is 24.3 Å². The van der Waals surface area contributed by atoms with Crippen molar-refractivity contribution in [3.63, 3.8) is 0 Å². The van der Waals surface area contributed by atoms with Crippen LogP contribution in [0.1, 0.15) is 23.6 Å². The van der Waals surface area contributed by atoms with E-state index in [0.29, 0.717) is 10.6 Å². The maximum Gasteiger partial charge on any atom is 0.305 e. The summed E-state index contributed by atoms with van der Waals surface area (Å²) in [6.45, 7) is 0. The third kappa shape index (κ3) is 4.90. The highest BCUT2D eigenvalue weighted by Crippen LogP contribution is 2.19. The molecule has 2 rings (SSSR count). The monoisotopic (exact) mass is 317 g/mol. The fraction of sp³-hybridized carbons (Fsp3) is 0.176. The molecule has 0 fully saturated rings. The van der Waals surface area contributed by atoms with Crippen LogP contribution in [0.5, 0.6) is 0 Å². The van der Waals surface area contributed by atoms with Crippen molar-refractivity contribution in [3.8, 4) is 0 Å². The summed E-state index contributed by atoms with van der Waals surface area (Å²) in [7, 11) is 0. The molecule has 4 nitrogen and oxygen atoms in total. The zero-order valence-corrected chi connectivity index (χ0v) is 12.6. The highest BCUT2D eigenvalue weighted by Gasteiger charge is 2.18. The molecular weight excluding hydrogens is 302 g/mol. The minimum atomic E-state index is -0.972. The molecule has 1 atom stereocenters. The Morgan fingerprint density at radius 2 is 1.68 bits per heavy atom. The SMILES string of the molecule is O=C(O)CC(NC(=O)Cc1ccccc1)c1ccc(Cl)cc1. The Bertz CT molecular complexity index is 641. The molecule has 0 spiro atoms. The molecule has 5 heteroatoms. The number of aliphatic carboxylic acids is 1. The second-order valence-corrected chi connectivity index (χ2v) is 5.37. The molecule has 0 heterocycles. The molecule has 0 aliphatic carbocycles. The molecule has 0 saturated heterocycles. The number of halogens is 1. The summed E-state index contributed by atoms with van der Waals surface area (Å²) in [4.78, 5) is 23.1. The lowest BCUT2D eigenvalue weighted by molar-refractivity contribution is -0.137. The van der Waals surface area contributed by atoms with Crippen LogP contribution < -0.4 is 5.32 Å². The lowest BCUT2D eigenvalue weighted by Crippen LogP contribution is -2.31. The van der Waals surface area contributed by atoms with Crippen molar-refractivity contribution in [2.24, 2.45) is 0 Å². The van der Waals surface area contributed by atoms with Crippen molar-refractivity contribution in [2.75, 3.05) is 0 Å². The first-order valence-corrected chi connectivity index (χ1v) is 7.23. The van der Waals surface area contributed by atoms with Crippen LogP contribution in [-0.2, 0) is 16.0 Å². The summed E-state index contributed by atoms with van der Waals surface area (Å²) < 4.78 is 0. The molecule has 2 aromatic rings. The van der Waals surface area contributed by atoms with E-state index in [4.69, 9.17) is 16.7 Å². The van der Waals surface area contributed by atoms with Gasteiger partial charge in [-0.3, -0.25) is 9.59 Å². The zero-order chi connectivity index (χ0) is 15.9. The van der Waals surface area contributed by atoms with Crippen LogP contribution in [0.3, 0.4) is 0 Å². The lowest BCUT2D eigenvalue weighted by Gasteiger charge is -2.17. The predicted octanol–water partition coefficient (Wildman–Crippen LogP) is 3.21. The van der Waals surface area contributed by atoms with Gasteiger partial charge in [-0.1, -0.05) is 54.1 Å². The van der Waals surface area contributed by atoms with Crippen LogP contribution in [0.15, 0.2) is 54.6 Å². The molecular formula is C17H16ClNO3. The molecule has 2 aromatic carbocycles. The number of carboxylic acids is 1. The third-order valence-electron chi connectivity index (χ3n) is 3.19. The van der Waals surface area contributed by atoms with Gasteiger partial charge in [-0.15, -0.1) is 0 Å². The number of carboxylic acid groups (broad SMARTS) is 1. The summed E-state index contributed by atoms with van der Waals surface area (Å²) >= 11 is 5.83. The smallest absolute Gasteiger partial charge is 0.305 e. The number of rotatable bonds is 6. The predicted molar refractivity (Wildman–Crippen MR) is 84.7 cm³/mol. The van der Waals surface area contributed by atoms with E-state index >= 15 is 0 Å². The average Bonchev–Trinajstić information content (AvgIpc) is 2.48. The molecule has 1 amide bonds. The summed E-state index contributed by atoms with van der Waals surface area (Å²) in [5.74, 6) is -1.19. The molecule has 1 unspecified atom stereocenters.